The monoisotopic (exact) mass is 1770 g/mol. The van der Waals surface area contributed by atoms with Crippen molar-refractivity contribution in [2.75, 3.05) is 69.9 Å². The Hall–Kier alpha value is -4.76. The van der Waals surface area contributed by atoms with Crippen LogP contribution in [0.25, 0.3) is 4.85 Å². The van der Waals surface area contributed by atoms with Gasteiger partial charge in [0.1, 0.15) is 21.7 Å². The molecule has 2 aliphatic rings. The van der Waals surface area contributed by atoms with Gasteiger partial charge in [0.15, 0.2) is 49.1 Å². The molecule has 2 fully saturated rings. The number of aromatic nitrogens is 8. The summed E-state index contributed by atoms with van der Waals surface area (Å²) >= 11 is 11.0. The number of nitriles is 9. The van der Waals surface area contributed by atoms with Gasteiger partial charge in [-0.05, 0) is 157 Å². The van der Waals surface area contributed by atoms with Crippen molar-refractivity contribution < 1.29 is 47.8 Å². The Morgan fingerprint density at radius 2 is 0.944 bits per heavy atom. The van der Waals surface area contributed by atoms with Crippen LogP contribution in [0.15, 0.2) is 0 Å². The molecule has 108 heavy (non-hydrogen) atoms. The number of hydrogen-bond acceptors (Lipinski definition) is 24. The van der Waals surface area contributed by atoms with E-state index in [0.29, 0.717) is 69.8 Å². The molecule has 4 heterocycles. The minimum atomic E-state index is -3.19. The molecule has 0 radical (unpaired) electrons. The number of ether oxygens (including phenoxy) is 4. The molecule has 26 nitrogen and oxygen atoms in total. The van der Waals surface area contributed by atoms with Gasteiger partial charge in [-0.3, -0.25) is 13.6 Å². The number of aliphatic hydroxyl groups is 2. The van der Waals surface area contributed by atoms with E-state index >= 15 is 0 Å². The summed E-state index contributed by atoms with van der Waals surface area (Å²) in [5.74, 6) is 1.04. The molecule has 0 aliphatic carbocycles. The lowest BCUT2D eigenvalue weighted by Gasteiger charge is -2.22. The van der Waals surface area contributed by atoms with Crippen molar-refractivity contribution in [3.8, 4) is 54.6 Å². The zero-order valence-electron chi connectivity index (χ0n) is 66.4. The lowest BCUT2D eigenvalue weighted by atomic mass is 9.83. The van der Waals surface area contributed by atoms with Crippen LogP contribution in [-0.4, -0.2) is 151 Å². The molecule has 0 spiro atoms. The molecule has 2 saturated heterocycles. The number of nitrogens with one attached hydrogen (secondary N) is 2. The highest BCUT2D eigenvalue weighted by Gasteiger charge is 2.37. The molecular formula is C72H129Br2ClF2N18O8P3S2+. The van der Waals surface area contributed by atoms with E-state index in [1.807, 2.05) is 43.3 Å². The Labute approximate surface area is 684 Å². The smallest absolute Gasteiger partial charge is 0.355 e. The Morgan fingerprint density at radius 3 is 1.19 bits per heavy atom. The largest absolute Gasteiger partial charge is 0.396 e. The Bertz CT molecular complexity index is 2810. The van der Waals surface area contributed by atoms with E-state index in [1.165, 1.54) is 51.4 Å². The normalized spacial score (nSPS) is 13.8. The molecule has 2 aliphatic heterocycles. The van der Waals surface area contributed by atoms with E-state index in [9.17, 15) is 17.2 Å². The van der Waals surface area contributed by atoms with E-state index in [-0.39, 0.29) is 41.4 Å². The maximum absolute atomic E-state index is 12.1. The number of aliphatic hydroxyl groups excluding tert-OH is 2. The van der Waals surface area contributed by atoms with Gasteiger partial charge in [-0.1, -0.05) is 147 Å². The van der Waals surface area contributed by atoms with Crippen LogP contribution in [0.3, 0.4) is 0 Å². The van der Waals surface area contributed by atoms with E-state index < -0.39 is 49.2 Å². The molecule has 0 amide bonds. The summed E-state index contributed by atoms with van der Waals surface area (Å²) in [6, 6.07) is 17.4. The summed E-state index contributed by atoms with van der Waals surface area (Å²) in [5, 5.41) is 124. The Kier molecular flexibility index (Phi) is 87.9. The van der Waals surface area contributed by atoms with E-state index in [4.69, 9.17) is 85.6 Å². The number of alkyl halides is 4. The Morgan fingerprint density at radius 1 is 0.648 bits per heavy atom. The molecule has 6 atom stereocenters. The number of H-pyrrole nitrogens is 2. The van der Waals surface area contributed by atoms with Crippen molar-refractivity contribution in [1.82, 2.24) is 41.2 Å². The number of rotatable bonds is 39. The summed E-state index contributed by atoms with van der Waals surface area (Å²) in [4.78, 5) is 2.90. The van der Waals surface area contributed by atoms with Gasteiger partial charge in [0, 0.05) is 69.3 Å². The van der Waals surface area contributed by atoms with Gasteiger partial charge in [-0.25, -0.2) is 15.0 Å². The molecule has 616 valence electrons. The number of tetrazole rings is 2. The fraction of sp³-hybridized carbons (Fsp3) is 0.833. The van der Waals surface area contributed by atoms with E-state index in [0.717, 1.165) is 152 Å². The highest BCUT2D eigenvalue weighted by molar-refractivity contribution is 9.09. The average molecular weight is 1770 g/mol. The minimum Gasteiger partial charge on any atom is -0.396 e. The van der Waals surface area contributed by atoms with Crippen LogP contribution in [0.4, 0.5) is 8.78 Å². The average Bonchev–Trinajstić information content (AvgIpc) is 1.71. The van der Waals surface area contributed by atoms with Crippen LogP contribution >= 0.6 is 68.3 Å². The third-order valence-corrected chi connectivity index (χ3v) is 16.4. The number of hydrogen-bond donors (Lipinski definition) is 4. The van der Waals surface area contributed by atoms with Crippen LogP contribution in [0, 0.1) is 130 Å². The Balaban J connectivity index is -0.000000152. The maximum atomic E-state index is 12.1. The number of aromatic amines is 2. The van der Waals surface area contributed by atoms with E-state index in [1.54, 1.807) is 50.5 Å². The van der Waals surface area contributed by atoms with Crippen molar-refractivity contribution in [2.45, 2.75) is 292 Å². The second-order valence-corrected chi connectivity index (χ2v) is 32.8. The quantitative estimate of drug-likeness (QED) is 0.0159. The summed E-state index contributed by atoms with van der Waals surface area (Å²) in [6.45, 7) is 20.8. The first-order valence-corrected chi connectivity index (χ1v) is 44.5. The van der Waals surface area contributed by atoms with Crippen LogP contribution in [0.2, 0.25) is 0 Å². The molecule has 0 saturated carbocycles. The van der Waals surface area contributed by atoms with Gasteiger partial charge in [0.2, 0.25) is 9.05 Å². The zero-order valence-corrected chi connectivity index (χ0v) is 73.2. The fourth-order valence-corrected chi connectivity index (χ4v) is 9.28. The molecule has 6 unspecified atom stereocenters. The fourth-order valence-electron chi connectivity index (χ4n) is 8.49. The first-order valence-electron chi connectivity index (χ1n) is 37.0. The van der Waals surface area contributed by atoms with Gasteiger partial charge in [-0.2, -0.15) is 67.6 Å². The van der Waals surface area contributed by atoms with Crippen molar-refractivity contribution in [2.24, 2.45) is 21.7 Å². The SMILES string of the molecule is BrCCCCCOC1CCCCO1.C.CC(C#N)(C#N)CCCCCF.CC(C#N)(C#N)CCCCCO.CC(C#N)(C#N)CCCCCOC1CCCCO1.CC(CCCCCF)(c1nn[nH]n1)c1nn[nH]n1.CCCCCCC(C)(C#N)C#N.CS(=O)(=O)Cl.OCCCCCBr.[2HH].[2H]P.[3H][P+](P)=S.[C-]#[N+]C(C)C#N. The molecule has 2 aromatic heterocycles. The highest BCUT2D eigenvalue weighted by atomic mass is 79.9. The van der Waals surface area contributed by atoms with Gasteiger partial charge >= 0.3 is 7.32 Å². The summed E-state index contributed by atoms with van der Waals surface area (Å²) in [7, 11) is 5.18. The summed E-state index contributed by atoms with van der Waals surface area (Å²) in [6.07, 6.45) is 32.1. The molecule has 0 aromatic carbocycles. The highest BCUT2D eigenvalue weighted by Crippen LogP contribution is 2.32. The first-order chi connectivity index (χ1) is 51.9. The first kappa shape index (κ1) is 114. The van der Waals surface area contributed by atoms with Gasteiger partial charge < -0.3 is 29.2 Å². The molecular weight excluding hydrogens is 1640 g/mol. The van der Waals surface area contributed by atoms with Crippen molar-refractivity contribution >= 4 is 89.2 Å². The van der Waals surface area contributed by atoms with Crippen LogP contribution < -0.4 is 0 Å². The van der Waals surface area contributed by atoms with Crippen molar-refractivity contribution in [3.05, 3.63) is 23.1 Å². The van der Waals surface area contributed by atoms with Crippen molar-refractivity contribution in [1.29, 1.82) is 49.9 Å². The lowest BCUT2D eigenvalue weighted by molar-refractivity contribution is -0.163. The maximum Gasteiger partial charge on any atom is 0.355 e. The second kappa shape index (κ2) is 83.2. The number of nitrogens with zero attached hydrogens (tertiary/aromatic N) is 16. The zero-order chi connectivity index (χ0) is 84.4. The van der Waals surface area contributed by atoms with Crippen molar-refractivity contribution in [3.63, 3.8) is 0 Å². The third-order valence-electron chi connectivity index (χ3n) is 15.3. The number of halogens is 5. The third kappa shape index (κ3) is 77.9. The molecule has 4 N–H and O–H groups in total. The summed E-state index contributed by atoms with van der Waals surface area (Å²) in [5.41, 5.74) is -3.86. The van der Waals surface area contributed by atoms with Crippen LogP contribution in [0.1, 0.15) is 281 Å². The second-order valence-electron chi connectivity index (χ2n) is 25.5. The number of unbranched alkanes of at least 4 members (excludes halogenated alkanes) is 15. The summed E-state index contributed by atoms with van der Waals surface area (Å²) < 4.78 is 76.7. The predicted octanol–water partition coefficient (Wildman–Crippen LogP) is 18.4. The van der Waals surface area contributed by atoms with Gasteiger partial charge in [0.25, 0.3) is 0 Å². The standard InChI is InChI=1S/C14H22N2O2.C10H19BrO2.C10H16N2.C9H15FN8.C9H13FN2.C9H14N2O.C5H11BrO.C4H4N2.CH3ClO2S.CH4.H2P2S.H3P.H2/c1-14(11-15,12-16)8-4-2-5-9-17-13-7-3-6-10-18-13;11-7-3-1-4-8-12-10-6-2-5-9-13-10;1-3-4-5-6-7-10(2,8-11)9-12;1-9(5-3-2-4-6-10,7-11-15-16-12-7)8-13-17-18-14-8;1-9(7-11,8-12)5-3-2-4-6-10;1-9(7-10,8-11)5-3-2-4-6-12;6-4-2-1-3-5-7;1-4(3-5)6-2;1-5(2,3)4;;1-2-3;;/h13H,2-10H2,1H3;10H,1-9H2;3-7H2,1-2H3;2-6H2,1H3,(H,11,12,15,16)(H,13,14,17,18);2-6H2,1H3;12H,2-6H2,1H3;7H,1-5H2;4H,1H3;1H3;1H4;1H2;1H3;1H/p+1/i;;;;;;;;;;;1D;1+1/hT. The molecule has 2 aromatic rings. The van der Waals surface area contributed by atoms with Gasteiger partial charge in [-0.15, -0.1) is 20.4 Å². The minimum absolute atomic E-state index is 0. The molecule has 36 heteroatoms. The topological polar surface area (TPSA) is 439 Å². The lowest BCUT2D eigenvalue weighted by Crippen LogP contribution is -2.27. The molecule has 0 bridgehead atoms. The van der Waals surface area contributed by atoms with Gasteiger partial charge in [0.05, 0.1) is 83.8 Å². The van der Waals surface area contributed by atoms with Crippen LogP contribution in [0.5, 0.6) is 0 Å². The predicted molar refractivity (Wildman–Crippen MR) is 443 cm³/mol. The van der Waals surface area contributed by atoms with Crippen LogP contribution in [-0.2, 0) is 45.2 Å². The van der Waals surface area contributed by atoms with E-state index in [2.05, 4.69) is 128 Å². The molecule has 4 rings (SSSR count).